The minimum Gasteiger partial charge on any atom is -0.497 e. The predicted molar refractivity (Wildman–Crippen MR) is 85.1 cm³/mol. The van der Waals surface area contributed by atoms with E-state index in [9.17, 15) is 9.59 Å². The Kier molecular flexibility index (Phi) is 5.60. The Hall–Kier alpha value is -2.28. The maximum Gasteiger partial charge on any atom is 0.357 e. The van der Waals surface area contributed by atoms with Gasteiger partial charge in [-0.2, -0.15) is 0 Å². The number of methoxy groups -OCH3 is 1. The van der Waals surface area contributed by atoms with Gasteiger partial charge in [-0.1, -0.05) is 6.07 Å². The summed E-state index contributed by atoms with van der Waals surface area (Å²) in [6.07, 6.45) is 0. The van der Waals surface area contributed by atoms with Crippen LogP contribution in [0.2, 0.25) is 0 Å². The molecule has 0 fully saturated rings. The van der Waals surface area contributed by atoms with Crippen LogP contribution in [0.3, 0.4) is 0 Å². The molecule has 1 aliphatic heterocycles. The van der Waals surface area contributed by atoms with E-state index < -0.39 is 5.97 Å². The summed E-state index contributed by atoms with van der Waals surface area (Å²) in [5, 5.41) is 4.32. The average molecular weight is 320 g/mol. The van der Waals surface area contributed by atoms with Crippen LogP contribution in [-0.4, -0.2) is 37.2 Å². The molecule has 1 aromatic carbocycles. The van der Waals surface area contributed by atoms with Gasteiger partial charge < -0.3 is 14.8 Å². The van der Waals surface area contributed by atoms with Crippen LogP contribution in [0.25, 0.3) is 0 Å². The summed E-state index contributed by atoms with van der Waals surface area (Å²) in [5.74, 6) is 0.702. The molecule has 7 heteroatoms. The number of amidine groups is 1. The van der Waals surface area contributed by atoms with Crippen molar-refractivity contribution >= 4 is 29.5 Å². The number of aliphatic imine (C=N–C) groups is 1. The van der Waals surface area contributed by atoms with Crippen LogP contribution in [-0.2, 0) is 9.53 Å². The lowest BCUT2D eigenvalue weighted by Crippen LogP contribution is -2.33. The number of nitrogens with zero attached hydrogens (tertiary/aromatic N) is 1. The fourth-order valence-electron chi connectivity index (χ4n) is 1.73. The second-order valence-corrected chi connectivity index (χ2v) is 5.14. The second-order valence-electron chi connectivity index (χ2n) is 4.28. The molecular formula is C15H16N2O4S. The Labute approximate surface area is 132 Å². The van der Waals surface area contributed by atoms with Gasteiger partial charge >= 0.3 is 5.97 Å². The molecule has 0 unspecified atom stereocenters. The van der Waals surface area contributed by atoms with Crippen molar-refractivity contribution in [2.45, 2.75) is 6.92 Å². The first-order valence-electron chi connectivity index (χ1n) is 6.66. The van der Waals surface area contributed by atoms with Crippen LogP contribution in [0.5, 0.6) is 5.75 Å². The molecule has 1 amide bonds. The fourth-order valence-corrected chi connectivity index (χ4v) is 2.42. The van der Waals surface area contributed by atoms with Gasteiger partial charge in [0, 0.05) is 11.0 Å². The van der Waals surface area contributed by atoms with Gasteiger partial charge in [-0.3, -0.25) is 4.79 Å². The number of esters is 1. The Morgan fingerprint density at radius 3 is 2.95 bits per heavy atom. The van der Waals surface area contributed by atoms with Crippen LogP contribution in [0.1, 0.15) is 17.3 Å². The number of nitrogens with one attached hydrogen (secondary N) is 1. The third kappa shape index (κ3) is 4.11. The smallest absolute Gasteiger partial charge is 0.357 e. The Balaban J connectivity index is 2.07. The first-order chi connectivity index (χ1) is 10.6. The quantitative estimate of drug-likeness (QED) is 0.858. The van der Waals surface area contributed by atoms with Crippen LogP contribution in [0.15, 0.2) is 40.4 Å². The zero-order valence-electron chi connectivity index (χ0n) is 12.3. The molecule has 6 nitrogen and oxygen atoms in total. The van der Waals surface area contributed by atoms with E-state index in [4.69, 9.17) is 9.47 Å². The van der Waals surface area contributed by atoms with Crippen molar-refractivity contribution in [1.82, 2.24) is 5.32 Å². The minimum atomic E-state index is -0.497. The zero-order chi connectivity index (χ0) is 15.9. The number of carbonyl (C=O) groups excluding carboxylic acids is 2. The van der Waals surface area contributed by atoms with Crippen LogP contribution < -0.4 is 10.1 Å². The summed E-state index contributed by atoms with van der Waals surface area (Å²) < 4.78 is 9.98. The van der Waals surface area contributed by atoms with Gasteiger partial charge in [0.05, 0.1) is 19.5 Å². The summed E-state index contributed by atoms with van der Waals surface area (Å²) in [5.41, 5.74) is 0.651. The van der Waals surface area contributed by atoms with Crippen molar-refractivity contribution in [2.24, 2.45) is 4.99 Å². The fraction of sp³-hybridized carbons (Fsp3) is 0.267. The van der Waals surface area contributed by atoms with Gasteiger partial charge in [0.1, 0.15) is 11.6 Å². The monoisotopic (exact) mass is 320 g/mol. The van der Waals surface area contributed by atoms with E-state index in [1.165, 1.54) is 18.9 Å². The Morgan fingerprint density at radius 2 is 2.23 bits per heavy atom. The second kappa shape index (κ2) is 7.65. The molecule has 1 aromatic rings. The molecule has 0 atom stereocenters. The number of ether oxygens (including phenoxy) is 2. The molecule has 116 valence electrons. The van der Waals surface area contributed by atoms with Crippen LogP contribution >= 0.6 is 11.8 Å². The lowest BCUT2D eigenvalue weighted by molar-refractivity contribution is -0.138. The van der Waals surface area contributed by atoms with E-state index in [0.29, 0.717) is 22.9 Å². The zero-order valence-corrected chi connectivity index (χ0v) is 13.1. The lowest BCUT2D eigenvalue weighted by atomic mass is 10.2. The van der Waals surface area contributed by atoms with Gasteiger partial charge in [-0.15, -0.1) is 11.8 Å². The summed E-state index contributed by atoms with van der Waals surface area (Å²) >= 11 is 1.38. The molecule has 0 bridgehead atoms. The highest BCUT2D eigenvalue weighted by Crippen LogP contribution is 2.17. The number of rotatable bonds is 4. The molecule has 1 N–H and O–H groups in total. The van der Waals surface area contributed by atoms with E-state index in [1.54, 1.807) is 36.6 Å². The Morgan fingerprint density at radius 1 is 1.41 bits per heavy atom. The van der Waals surface area contributed by atoms with Gasteiger partial charge in [0.25, 0.3) is 5.91 Å². The van der Waals surface area contributed by atoms with Crippen molar-refractivity contribution in [3.8, 4) is 5.75 Å². The summed E-state index contributed by atoms with van der Waals surface area (Å²) in [6, 6.07) is 6.80. The standard InChI is InChI=1S/C15H16N2O4S/c1-3-21-15(19)12-8-22-9-13(16-12)17-14(18)10-5-4-6-11(7-10)20-2/h4-8H,3,9H2,1-2H3,(H,16,17,18). The molecule has 0 aromatic heterocycles. The SMILES string of the molecule is CCOC(=O)C1=CSCC(NC(=O)c2cccc(OC)c2)=N1. The van der Waals surface area contributed by atoms with Crippen molar-refractivity contribution in [3.63, 3.8) is 0 Å². The van der Waals surface area contributed by atoms with E-state index in [0.717, 1.165) is 0 Å². The average Bonchev–Trinajstić information content (AvgIpc) is 2.55. The summed E-state index contributed by atoms with van der Waals surface area (Å²) in [4.78, 5) is 28.0. The molecule has 1 heterocycles. The molecule has 1 aliphatic rings. The van der Waals surface area contributed by atoms with E-state index in [1.807, 2.05) is 0 Å². The highest BCUT2D eigenvalue weighted by molar-refractivity contribution is 8.02. The molecule has 0 saturated carbocycles. The number of amides is 1. The van der Waals surface area contributed by atoms with E-state index >= 15 is 0 Å². The molecule has 0 aliphatic carbocycles. The number of thioether (sulfide) groups is 1. The first-order valence-corrected chi connectivity index (χ1v) is 7.70. The largest absolute Gasteiger partial charge is 0.497 e. The minimum absolute atomic E-state index is 0.194. The van der Waals surface area contributed by atoms with Crippen molar-refractivity contribution < 1.29 is 19.1 Å². The van der Waals surface area contributed by atoms with Gasteiger partial charge in [0.2, 0.25) is 0 Å². The predicted octanol–water partition coefficient (Wildman–Crippen LogP) is 1.97. The number of hydrogen-bond acceptors (Lipinski definition) is 6. The number of carbonyl (C=O) groups is 2. The number of hydrogen-bond donors (Lipinski definition) is 1. The van der Waals surface area contributed by atoms with Crippen molar-refractivity contribution in [1.29, 1.82) is 0 Å². The van der Waals surface area contributed by atoms with Crippen LogP contribution in [0, 0.1) is 0 Å². The van der Waals surface area contributed by atoms with Crippen molar-refractivity contribution in [3.05, 3.63) is 40.9 Å². The highest BCUT2D eigenvalue weighted by Gasteiger charge is 2.17. The maximum absolute atomic E-state index is 12.2. The lowest BCUT2D eigenvalue weighted by Gasteiger charge is -2.13. The van der Waals surface area contributed by atoms with Gasteiger partial charge in [0.15, 0.2) is 5.70 Å². The van der Waals surface area contributed by atoms with Gasteiger partial charge in [-0.25, -0.2) is 9.79 Å². The van der Waals surface area contributed by atoms with E-state index in [2.05, 4.69) is 10.3 Å². The maximum atomic E-state index is 12.2. The molecule has 2 rings (SSSR count). The molecule has 0 radical (unpaired) electrons. The molecule has 0 spiro atoms. The molecule has 0 saturated heterocycles. The van der Waals surface area contributed by atoms with Gasteiger partial charge in [-0.05, 0) is 25.1 Å². The van der Waals surface area contributed by atoms with Crippen LogP contribution in [0.4, 0.5) is 0 Å². The molecular weight excluding hydrogens is 304 g/mol. The summed E-state index contributed by atoms with van der Waals surface area (Å²) in [7, 11) is 1.54. The highest BCUT2D eigenvalue weighted by atomic mass is 32.2. The topological polar surface area (TPSA) is 77.0 Å². The first kappa shape index (κ1) is 16.1. The third-order valence-corrected chi connectivity index (χ3v) is 3.57. The van der Waals surface area contributed by atoms with E-state index in [-0.39, 0.29) is 18.2 Å². The third-order valence-electron chi connectivity index (χ3n) is 2.74. The normalized spacial score (nSPS) is 13.7. The Bertz CT molecular complexity index is 640. The summed E-state index contributed by atoms with van der Waals surface area (Å²) in [6.45, 7) is 2.01. The molecule has 22 heavy (non-hydrogen) atoms. The number of benzene rings is 1. The van der Waals surface area contributed by atoms with Crippen molar-refractivity contribution in [2.75, 3.05) is 19.5 Å².